The van der Waals surface area contributed by atoms with E-state index in [2.05, 4.69) is 0 Å². The van der Waals surface area contributed by atoms with Gasteiger partial charge in [0, 0.05) is 29.1 Å². The fourth-order valence-corrected chi connectivity index (χ4v) is 3.23. The van der Waals surface area contributed by atoms with Crippen LogP contribution < -0.4 is 0 Å². The van der Waals surface area contributed by atoms with E-state index in [4.69, 9.17) is 25.5 Å². The van der Waals surface area contributed by atoms with Crippen molar-refractivity contribution in [2.75, 3.05) is 19.7 Å². The first-order chi connectivity index (χ1) is 11.8. The predicted molar refractivity (Wildman–Crippen MR) is 92.8 cm³/mol. The highest BCUT2D eigenvalue weighted by Gasteiger charge is 2.27. The van der Waals surface area contributed by atoms with Crippen molar-refractivity contribution in [3.8, 4) is 0 Å². The molecule has 0 aliphatic carbocycles. The number of carbonyl (C=O) groups is 2. The van der Waals surface area contributed by atoms with E-state index in [-0.39, 0.29) is 30.5 Å². The van der Waals surface area contributed by atoms with Crippen LogP contribution in [-0.4, -0.2) is 48.7 Å². The molecule has 1 fully saturated rings. The van der Waals surface area contributed by atoms with Gasteiger partial charge in [0.1, 0.15) is 5.58 Å². The minimum Gasteiger partial charge on any atom is -0.450 e. The second-order valence-corrected chi connectivity index (χ2v) is 6.77. The molecule has 1 saturated heterocycles. The lowest BCUT2D eigenvalue weighted by molar-refractivity contribution is -0.146. The lowest BCUT2D eigenvalue weighted by atomic mass is 10.1. The van der Waals surface area contributed by atoms with Gasteiger partial charge in [-0.25, -0.2) is 4.79 Å². The molecule has 25 heavy (non-hydrogen) atoms. The van der Waals surface area contributed by atoms with Crippen molar-refractivity contribution in [2.24, 2.45) is 0 Å². The van der Waals surface area contributed by atoms with Gasteiger partial charge in [-0.1, -0.05) is 11.6 Å². The van der Waals surface area contributed by atoms with E-state index >= 15 is 0 Å². The Morgan fingerprint density at radius 2 is 1.96 bits per heavy atom. The highest BCUT2D eigenvalue weighted by atomic mass is 35.5. The molecule has 1 aliphatic rings. The second kappa shape index (κ2) is 7.06. The summed E-state index contributed by atoms with van der Waals surface area (Å²) in [7, 11) is 0. The molecule has 1 aromatic carbocycles. The first kappa shape index (κ1) is 17.8. The number of furan rings is 1. The smallest absolute Gasteiger partial charge is 0.375 e. The second-order valence-electron chi connectivity index (χ2n) is 6.33. The molecule has 0 spiro atoms. The molecule has 7 heteroatoms. The van der Waals surface area contributed by atoms with Crippen molar-refractivity contribution in [3.05, 3.63) is 34.5 Å². The van der Waals surface area contributed by atoms with E-state index in [1.807, 2.05) is 13.8 Å². The van der Waals surface area contributed by atoms with Crippen LogP contribution in [0.3, 0.4) is 0 Å². The number of hydrogen-bond acceptors (Lipinski definition) is 5. The van der Waals surface area contributed by atoms with Gasteiger partial charge in [-0.05, 0) is 39.0 Å². The third-order valence-electron chi connectivity index (χ3n) is 4.18. The van der Waals surface area contributed by atoms with Crippen molar-refractivity contribution in [2.45, 2.75) is 33.0 Å². The number of hydrogen-bond donors (Lipinski definition) is 0. The Kier molecular flexibility index (Phi) is 5.01. The van der Waals surface area contributed by atoms with Gasteiger partial charge in [0.05, 0.1) is 12.2 Å². The van der Waals surface area contributed by atoms with Gasteiger partial charge in [-0.2, -0.15) is 0 Å². The van der Waals surface area contributed by atoms with E-state index in [0.29, 0.717) is 29.3 Å². The maximum absolute atomic E-state index is 12.3. The van der Waals surface area contributed by atoms with Gasteiger partial charge >= 0.3 is 5.97 Å². The summed E-state index contributed by atoms with van der Waals surface area (Å²) in [5.74, 6) is -0.812. The highest BCUT2D eigenvalue weighted by molar-refractivity contribution is 6.31. The Morgan fingerprint density at radius 1 is 1.28 bits per heavy atom. The summed E-state index contributed by atoms with van der Waals surface area (Å²) >= 11 is 5.97. The molecule has 0 N–H and O–H groups in total. The van der Waals surface area contributed by atoms with Crippen molar-refractivity contribution < 1.29 is 23.5 Å². The Hall–Kier alpha value is -2.05. The minimum absolute atomic E-state index is 0.0363. The van der Waals surface area contributed by atoms with Gasteiger partial charge in [0.2, 0.25) is 5.76 Å². The SMILES string of the molecule is Cc1c(C(=O)OCC(=O)N2C[C@@H](C)O[C@H](C)C2)oc2ccc(Cl)cc12. The zero-order valence-corrected chi connectivity index (χ0v) is 15.1. The third-order valence-corrected chi connectivity index (χ3v) is 4.42. The summed E-state index contributed by atoms with van der Waals surface area (Å²) in [6.45, 7) is 6.23. The van der Waals surface area contributed by atoms with E-state index < -0.39 is 5.97 Å². The molecule has 1 aliphatic heterocycles. The van der Waals surface area contributed by atoms with Crippen molar-refractivity contribution in [3.63, 3.8) is 0 Å². The van der Waals surface area contributed by atoms with Crippen molar-refractivity contribution in [1.82, 2.24) is 4.90 Å². The first-order valence-electron chi connectivity index (χ1n) is 8.14. The Labute approximate surface area is 150 Å². The normalized spacial score (nSPS) is 20.7. The van der Waals surface area contributed by atoms with E-state index in [1.165, 1.54) is 0 Å². The van der Waals surface area contributed by atoms with Crippen LogP contribution in [0.1, 0.15) is 30.0 Å². The number of rotatable bonds is 3. The zero-order valence-electron chi connectivity index (χ0n) is 14.4. The number of morpholine rings is 1. The maximum atomic E-state index is 12.3. The molecule has 0 bridgehead atoms. The van der Waals surface area contributed by atoms with Crippen LogP contribution in [0, 0.1) is 6.92 Å². The van der Waals surface area contributed by atoms with Crippen LogP contribution in [-0.2, 0) is 14.3 Å². The van der Waals surface area contributed by atoms with Crippen LogP contribution in [0.2, 0.25) is 5.02 Å². The molecule has 1 amide bonds. The summed E-state index contributed by atoms with van der Waals surface area (Å²) < 4.78 is 16.3. The number of ether oxygens (including phenoxy) is 2. The predicted octanol–water partition coefficient (Wildman–Crippen LogP) is 3.19. The first-order valence-corrected chi connectivity index (χ1v) is 8.52. The number of benzene rings is 1. The lowest BCUT2D eigenvalue weighted by Crippen LogP contribution is -2.49. The highest BCUT2D eigenvalue weighted by Crippen LogP contribution is 2.28. The van der Waals surface area contributed by atoms with Crippen molar-refractivity contribution >= 4 is 34.4 Å². The third kappa shape index (κ3) is 3.80. The molecular formula is C18H20ClNO5. The van der Waals surface area contributed by atoms with E-state index in [9.17, 15) is 9.59 Å². The van der Waals surface area contributed by atoms with Crippen molar-refractivity contribution in [1.29, 1.82) is 0 Å². The monoisotopic (exact) mass is 365 g/mol. The van der Waals surface area contributed by atoms with Crippen LogP contribution in [0.5, 0.6) is 0 Å². The van der Waals surface area contributed by atoms with E-state index in [0.717, 1.165) is 5.39 Å². The van der Waals surface area contributed by atoms with Crippen LogP contribution >= 0.6 is 11.6 Å². The molecule has 1 aromatic heterocycles. The Bertz CT molecular complexity index is 805. The fourth-order valence-electron chi connectivity index (χ4n) is 3.05. The zero-order chi connectivity index (χ0) is 18.1. The van der Waals surface area contributed by atoms with Gasteiger partial charge in [0.15, 0.2) is 6.61 Å². The Morgan fingerprint density at radius 3 is 2.64 bits per heavy atom. The average Bonchev–Trinajstić information content (AvgIpc) is 2.88. The van der Waals surface area contributed by atoms with Gasteiger partial charge in [0.25, 0.3) is 5.91 Å². The molecule has 2 heterocycles. The standard InChI is InChI=1S/C18H20ClNO5/c1-10-7-20(8-11(2)24-10)16(21)9-23-18(22)17-12(3)14-6-13(19)4-5-15(14)25-17/h4-6,10-11H,7-9H2,1-3H3/t10-,11-/m1/s1. The summed E-state index contributed by atoms with van der Waals surface area (Å²) in [6.07, 6.45) is -0.0727. The topological polar surface area (TPSA) is 69.0 Å². The van der Waals surface area contributed by atoms with Gasteiger partial charge < -0.3 is 18.8 Å². The fraction of sp³-hybridized carbons (Fsp3) is 0.444. The minimum atomic E-state index is -0.660. The van der Waals surface area contributed by atoms with E-state index in [1.54, 1.807) is 30.0 Å². The average molecular weight is 366 g/mol. The molecule has 0 radical (unpaired) electrons. The molecule has 134 valence electrons. The molecule has 6 nitrogen and oxygen atoms in total. The number of carbonyl (C=O) groups excluding carboxylic acids is 2. The van der Waals surface area contributed by atoms with Crippen LogP contribution in [0.25, 0.3) is 11.0 Å². The van der Waals surface area contributed by atoms with Crippen LogP contribution in [0.4, 0.5) is 0 Å². The summed E-state index contributed by atoms with van der Waals surface area (Å²) in [5, 5.41) is 1.31. The molecule has 2 atom stereocenters. The molecule has 0 saturated carbocycles. The number of amides is 1. The summed E-state index contributed by atoms with van der Waals surface area (Å²) in [6, 6.07) is 5.11. The Balaban J connectivity index is 1.66. The van der Waals surface area contributed by atoms with Gasteiger partial charge in [-0.15, -0.1) is 0 Å². The van der Waals surface area contributed by atoms with Gasteiger partial charge in [-0.3, -0.25) is 4.79 Å². The summed E-state index contributed by atoms with van der Waals surface area (Å²) in [4.78, 5) is 26.2. The largest absolute Gasteiger partial charge is 0.450 e. The number of fused-ring (bicyclic) bond motifs is 1. The number of esters is 1. The van der Waals surface area contributed by atoms with Crippen LogP contribution in [0.15, 0.2) is 22.6 Å². The number of nitrogens with zero attached hydrogens (tertiary/aromatic N) is 1. The molecule has 0 unspecified atom stereocenters. The molecule has 3 rings (SSSR count). The quantitative estimate of drug-likeness (QED) is 0.781. The number of halogens is 1. The lowest BCUT2D eigenvalue weighted by Gasteiger charge is -2.35. The number of aryl methyl sites for hydroxylation is 1. The maximum Gasteiger partial charge on any atom is 0.375 e. The summed E-state index contributed by atoms with van der Waals surface area (Å²) in [5.41, 5.74) is 1.19. The molecule has 2 aromatic rings. The molecular weight excluding hydrogens is 346 g/mol.